The molecule has 1 heterocycles. The lowest BCUT2D eigenvalue weighted by Gasteiger charge is -2.03. The number of hydrogen-bond acceptors (Lipinski definition) is 2. The van der Waals surface area contributed by atoms with Crippen molar-refractivity contribution >= 4 is 34.3 Å². The highest BCUT2D eigenvalue weighted by molar-refractivity contribution is 7.98. The lowest BCUT2D eigenvalue weighted by molar-refractivity contribution is 0.578. The zero-order chi connectivity index (χ0) is 11.5. The summed E-state index contributed by atoms with van der Waals surface area (Å²) < 4.78 is 5.61. The van der Waals surface area contributed by atoms with Gasteiger partial charge < -0.3 is 4.42 Å². The van der Waals surface area contributed by atoms with E-state index < -0.39 is 0 Å². The molecule has 2 aromatic rings. The van der Waals surface area contributed by atoms with E-state index in [0.29, 0.717) is 0 Å². The minimum absolute atomic E-state index is 0.856. The molecule has 0 aliphatic carbocycles. The summed E-state index contributed by atoms with van der Waals surface area (Å²) >= 11 is 8.11. The van der Waals surface area contributed by atoms with Crippen molar-refractivity contribution in [3.8, 4) is 0 Å². The van der Waals surface area contributed by atoms with Gasteiger partial charge in [0.15, 0.2) is 0 Å². The molecule has 0 bridgehead atoms. The van der Waals surface area contributed by atoms with Gasteiger partial charge in [-0.1, -0.05) is 11.6 Å². The predicted octanol–water partition coefficient (Wildman–Crippen LogP) is 4.69. The van der Waals surface area contributed by atoms with Crippen LogP contribution in [0, 0.1) is 6.92 Å². The molecule has 0 radical (unpaired) electrons. The summed E-state index contributed by atoms with van der Waals surface area (Å²) in [5, 5.41) is 1.95. The van der Waals surface area contributed by atoms with E-state index in [2.05, 4.69) is 12.3 Å². The summed E-state index contributed by atoms with van der Waals surface area (Å²) in [4.78, 5) is 0. The Kier molecular flexibility index (Phi) is 3.82. The van der Waals surface area contributed by atoms with Crippen molar-refractivity contribution in [2.75, 3.05) is 12.0 Å². The molecule has 0 aliphatic heterocycles. The maximum atomic E-state index is 6.24. The molecule has 0 amide bonds. The molecular formula is C13H15ClOS. The molecule has 0 N–H and O–H groups in total. The molecule has 0 saturated heterocycles. The smallest absolute Gasteiger partial charge is 0.134 e. The quantitative estimate of drug-likeness (QED) is 0.735. The normalized spacial score (nSPS) is 11.2. The summed E-state index contributed by atoms with van der Waals surface area (Å²) in [6.07, 6.45) is 4.31. The Hall–Kier alpha value is -0.600. The van der Waals surface area contributed by atoms with Crippen LogP contribution in [0.25, 0.3) is 11.0 Å². The van der Waals surface area contributed by atoms with E-state index in [0.717, 1.165) is 34.6 Å². The number of halogens is 1. The number of thioether (sulfide) groups is 1. The Balaban J connectivity index is 2.27. The summed E-state index contributed by atoms with van der Waals surface area (Å²) in [5.74, 6) is 2.11. The number of furan rings is 1. The van der Waals surface area contributed by atoms with Crippen LogP contribution in [0.5, 0.6) is 0 Å². The van der Waals surface area contributed by atoms with Crippen molar-refractivity contribution in [3.63, 3.8) is 0 Å². The second-order valence-corrected chi connectivity index (χ2v) is 5.33. The van der Waals surface area contributed by atoms with E-state index in [1.807, 2.05) is 30.8 Å². The van der Waals surface area contributed by atoms with Gasteiger partial charge in [-0.25, -0.2) is 0 Å². The van der Waals surface area contributed by atoms with Crippen molar-refractivity contribution in [2.45, 2.75) is 19.8 Å². The molecule has 1 aromatic heterocycles. The fourth-order valence-electron chi connectivity index (χ4n) is 1.83. The van der Waals surface area contributed by atoms with Gasteiger partial charge in [-0.05, 0) is 55.5 Å². The molecule has 1 nitrogen and oxygen atoms in total. The Bertz CT molecular complexity index is 490. The standard InChI is InChI=1S/C13H15ClOS/c1-9-6-11-7-12(14)10(4-3-5-16-2)8-13(11)15-9/h6-8H,3-5H2,1-2H3. The van der Waals surface area contributed by atoms with Crippen molar-refractivity contribution in [2.24, 2.45) is 0 Å². The molecule has 0 spiro atoms. The summed E-state index contributed by atoms with van der Waals surface area (Å²) in [7, 11) is 0. The lowest BCUT2D eigenvalue weighted by atomic mass is 10.1. The molecule has 0 saturated carbocycles. The van der Waals surface area contributed by atoms with Gasteiger partial charge in [0.1, 0.15) is 11.3 Å². The van der Waals surface area contributed by atoms with E-state index in [1.165, 1.54) is 11.3 Å². The van der Waals surface area contributed by atoms with Gasteiger partial charge in [0, 0.05) is 10.4 Å². The second kappa shape index (κ2) is 5.15. The van der Waals surface area contributed by atoms with Crippen LogP contribution in [-0.4, -0.2) is 12.0 Å². The highest BCUT2D eigenvalue weighted by Crippen LogP contribution is 2.27. The fraction of sp³-hybridized carbons (Fsp3) is 0.385. The second-order valence-electron chi connectivity index (χ2n) is 3.93. The number of rotatable bonds is 4. The highest BCUT2D eigenvalue weighted by atomic mass is 35.5. The zero-order valence-electron chi connectivity index (χ0n) is 9.55. The fourth-order valence-corrected chi connectivity index (χ4v) is 2.53. The highest BCUT2D eigenvalue weighted by Gasteiger charge is 2.06. The van der Waals surface area contributed by atoms with Crippen molar-refractivity contribution in [1.29, 1.82) is 0 Å². The molecule has 2 rings (SSSR count). The third-order valence-corrected chi connectivity index (χ3v) is 3.65. The Morgan fingerprint density at radius 3 is 2.88 bits per heavy atom. The number of fused-ring (bicyclic) bond motifs is 1. The van der Waals surface area contributed by atoms with Crippen LogP contribution >= 0.6 is 23.4 Å². The molecule has 0 fully saturated rings. The number of hydrogen-bond donors (Lipinski definition) is 0. The first-order chi connectivity index (χ1) is 7.70. The third kappa shape index (κ3) is 2.55. The molecule has 16 heavy (non-hydrogen) atoms. The lowest BCUT2D eigenvalue weighted by Crippen LogP contribution is -1.88. The van der Waals surface area contributed by atoms with Gasteiger partial charge in [-0.2, -0.15) is 11.8 Å². The van der Waals surface area contributed by atoms with Gasteiger partial charge >= 0.3 is 0 Å². The van der Waals surface area contributed by atoms with Crippen LogP contribution in [0.1, 0.15) is 17.7 Å². The first-order valence-corrected chi connectivity index (χ1v) is 7.15. The Labute approximate surface area is 105 Å². The summed E-state index contributed by atoms with van der Waals surface area (Å²) in [5.41, 5.74) is 2.14. The maximum absolute atomic E-state index is 6.24. The van der Waals surface area contributed by atoms with Crippen LogP contribution in [0.15, 0.2) is 22.6 Å². The summed E-state index contributed by atoms with van der Waals surface area (Å²) in [6.45, 7) is 1.96. The molecule has 0 atom stereocenters. The molecule has 0 aliphatic rings. The van der Waals surface area contributed by atoms with E-state index in [-0.39, 0.29) is 0 Å². The largest absolute Gasteiger partial charge is 0.461 e. The SMILES string of the molecule is CSCCCc1cc2oc(C)cc2cc1Cl. The number of aryl methyl sites for hydroxylation is 2. The third-order valence-electron chi connectivity index (χ3n) is 2.60. The Morgan fingerprint density at radius 2 is 2.12 bits per heavy atom. The minimum atomic E-state index is 0.856. The van der Waals surface area contributed by atoms with Crippen molar-refractivity contribution < 1.29 is 4.42 Å². The average molecular weight is 255 g/mol. The first kappa shape index (κ1) is 11.9. The first-order valence-electron chi connectivity index (χ1n) is 5.38. The van der Waals surface area contributed by atoms with Crippen LogP contribution in [-0.2, 0) is 6.42 Å². The topological polar surface area (TPSA) is 13.1 Å². The van der Waals surface area contributed by atoms with Crippen LogP contribution in [0.4, 0.5) is 0 Å². The molecule has 3 heteroatoms. The van der Waals surface area contributed by atoms with E-state index in [4.69, 9.17) is 16.0 Å². The van der Waals surface area contributed by atoms with Crippen LogP contribution < -0.4 is 0 Å². The predicted molar refractivity (Wildman–Crippen MR) is 72.7 cm³/mol. The van der Waals surface area contributed by atoms with Crippen LogP contribution in [0.3, 0.4) is 0 Å². The van der Waals surface area contributed by atoms with Crippen molar-refractivity contribution in [1.82, 2.24) is 0 Å². The van der Waals surface area contributed by atoms with Gasteiger partial charge in [0.05, 0.1) is 0 Å². The summed E-state index contributed by atoms with van der Waals surface area (Å²) in [6, 6.07) is 6.10. The minimum Gasteiger partial charge on any atom is -0.461 e. The Morgan fingerprint density at radius 1 is 1.31 bits per heavy atom. The maximum Gasteiger partial charge on any atom is 0.134 e. The van der Waals surface area contributed by atoms with Crippen LogP contribution in [0.2, 0.25) is 5.02 Å². The van der Waals surface area contributed by atoms with E-state index >= 15 is 0 Å². The van der Waals surface area contributed by atoms with Gasteiger partial charge in [-0.15, -0.1) is 0 Å². The molecular weight excluding hydrogens is 240 g/mol. The number of benzene rings is 1. The van der Waals surface area contributed by atoms with Gasteiger partial charge in [0.25, 0.3) is 0 Å². The molecule has 0 unspecified atom stereocenters. The molecule has 86 valence electrons. The van der Waals surface area contributed by atoms with E-state index in [9.17, 15) is 0 Å². The van der Waals surface area contributed by atoms with Gasteiger partial charge in [0.2, 0.25) is 0 Å². The molecule has 1 aromatic carbocycles. The van der Waals surface area contributed by atoms with Crippen molar-refractivity contribution in [3.05, 3.63) is 34.5 Å². The zero-order valence-corrected chi connectivity index (χ0v) is 11.1. The average Bonchev–Trinajstić information content (AvgIpc) is 2.58. The van der Waals surface area contributed by atoms with E-state index in [1.54, 1.807) is 0 Å². The monoisotopic (exact) mass is 254 g/mol. The van der Waals surface area contributed by atoms with Gasteiger partial charge in [-0.3, -0.25) is 0 Å².